The van der Waals surface area contributed by atoms with Gasteiger partial charge in [0, 0.05) is 6.54 Å². The van der Waals surface area contributed by atoms with Gasteiger partial charge in [-0.1, -0.05) is 17.3 Å². The molecule has 0 fully saturated rings. The van der Waals surface area contributed by atoms with Gasteiger partial charge in [-0.25, -0.2) is 4.68 Å². The summed E-state index contributed by atoms with van der Waals surface area (Å²) in [4.78, 5) is 24.7. The summed E-state index contributed by atoms with van der Waals surface area (Å²) in [5.74, 6) is -1.12. The van der Waals surface area contributed by atoms with Crippen molar-refractivity contribution in [3.05, 3.63) is 41.7 Å². The van der Waals surface area contributed by atoms with Crippen LogP contribution in [0.1, 0.15) is 22.5 Å². The number of hydrogen-bond donors (Lipinski definition) is 1. The lowest BCUT2D eigenvalue weighted by Crippen LogP contribution is -2.31. The molecule has 0 bridgehead atoms. The van der Waals surface area contributed by atoms with Crippen LogP contribution in [-0.4, -0.2) is 43.4 Å². The molecule has 20 heavy (non-hydrogen) atoms. The molecule has 0 atom stereocenters. The van der Waals surface area contributed by atoms with Gasteiger partial charge in [0.2, 0.25) is 0 Å². The van der Waals surface area contributed by atoms with Crippen molar-refractivity contribution in [3.63, 3.8) is 0 Å². The highest BCUT2D eigenvalue weighted by atomic mass is 16.4. The molecular formula is C13H12N4O3. The lowest BCUT2D eigenvalue weighted by molar-refractivity contribution is -0.137. The maximum atomic E-state index is 12.5. The predicted octanol–water partition coefficient (Wildman–Crippen LogP) is 0.698. The molecule has 1 N–H and O–H groups in total. The lowest BCUT2D eigenvalue weighted by atomic mass is 10.1. The number of amides is 1. The average Bonchev–Trinajstić information content (AvgIpc) is 2.86. The molecular weight excluding hydrogens is 260 g/mol. The Morgan fingerprint density at radius 2 is 2.15 bits per heavy atom. The third-order valence-corrected chi connectivity index (χ3v) is 3.22. The molecule has 7 nitrogen and oxygen atoms in total. The number of benzene rings is 1. The highest BCUT2D eigenvalue weighted by Crippen LogP contribution is 2.22. The van der Waals surface area contributed by atoms with Gasteiger partial charge in [0.15, 0.2) is 0 Å². The first-order chi connectivity index (χ1) is 9.66. The Morgan fingerprint density at radius 3 is 2.95 bits per heavy atom. The fourth-order valence-corrected chi connectivity index (χ4v) is 2.26. The molecule has 2 heterocycles. The Kier molecular flexibility index (Phi) is 2.94. The van der Waals surface area contributed by atoms with Crippen LogP contribution in [-0.2, 0) is 11.3 Å². The first-order valence-electron chi connectivity index (χ1n) is 6.17. The van der Waals surface area contributed by atoms with Crippen LogP contribution in [0, 0.1) is 0 Å². The molecule has 1 aliphatic rings. The number of para-hydroxylation sites is 1. The van der Waals surface area contributed by atoms with Gasteiger partial charge in [0.05, 0.1) is 36.1 Å². The van der Waals surface area contributed by atoms with Crippen LogP contribution in [0.3, 0.4) is 0 Å². The van der Waals surface area contributed by atoms with E-state index in [2.05, 4.69) is 10.3 Å². The van der Waals surface area contributed by atoms with Gasteiger partial charge in [0.1, 0.15) is 0 Å². The van der Waals surface area contributed by atoms with E-state index in [0.717, 1.165) is 5.69 Å². The number of carbonyl (C=O) groups is 2. The number of carbonyl (C=O) groups excluding carboxylic acids is 1. The number of rotatable bonds is 3. The molecule has 0 spiro atoms. The topological polar surface area (TPSA) is 88.3 Å². The van der Waals surface area contributed by atoms with E-state index >= 15 is 0 Å². The van der Waals surface area contributed by atoms with E-state index in [1.54, 1.807) is 29.1 Å². The zero-order chi connectivity index (χ0) is 14.1. The summed E-state index contributed by atoms with van der Waals surface area (Å²) < 4.78 is 1.62. The molecule has 2 aromatic rings. The van der Waals surface area contributed by atoms with Gasteiger partial charge in [-0.05, 0) is 12.1 Å². The van der Waals surface area contributed by atoms with Gasteiger partial charge in [-0.3, -0.25) is 9.59 Å². The van der Waals surface area contributed by atoms with Gasteiger partial charge in [-0.2, -0.15) is 0 Å². The molecule has 7 heteroatoms. The van der Waals surface area contributed by atoms with Crippen LogP contribution in [0.15, 0.2) is 30.5 Å². The predicted molar refractivity (Wildman–Crippen MR) is 68.4 cm³/mol. The summed E-state index contributed by atoms with van der Waals surface area (Å²) >= 11 is 0. The Bertz CT molecular complexity index is 680. The van der Waals surface area contributed by atoms with Crippen LogP contribution in [0.5, 0.6) is 0 Å². The largest absolute Gasteiger partial charge is 0.481 e. The molecule has 1 aliphatic heterocycles. The number of nitrogens with zero attached hydrogens (tertiary/aromatic N) is 4. The quantitative estimate of drug-likeness (QED) is 0.888. The van der Waals surface area contributed by atoms with Crippen LogP contribution >= 0.6 is 0 Å². The Labute approximate surface area is 114 Å². The van der Waals surface area contributed by atoms with E-state index in [-0.39, 0.29) is 18.9 Å². The second kappa shape index (κ2) is 4.76. The Hall–Kier alpha value is -2.70. The monoisotopic (exact) mass is 272 g/mol. The van der Waals surface area contributed by atoms with Crippen molar-refractivity contribution in [1.82, 2.24) is 19.9 Å². The second-order valence-electron chi connectivity index (χ2n) is 4.52. The third kappa shape index (κ3) is 2.03. The van der Waals surface area contributed by atoms with Crippen molar-refractivity contribution in [2.45, 2.75) is 13.0 Å². The van der Waals surface area contributed by atoms with Crippen molar-refractivity contribution >= 4 is 11.9 Å². The molecule has 0 saturated carbocycles. The summed E-state index contributed by atoms with van der Waals surface area (Å²) in [5.41, 5.74) is 1.93. The van der Waals surface area contributed by atoms with E-state index in [0.29, 0.717) is 17.8 Å². The van der Waals surface area contributed by atoms with Crippen LogP contribution in [0.4, 0.5) is 0 Å². The molecule has 1 aromatic heterocycles. The smallest absolute Gasteiger partial charge is 0.305 e. The van der Waals surface area contributed by atoms with Crippen molar-refractivity contribution in [1.29, 1.82) is 0 Å². The Balaban J connectivity index is 2.04. The van der Waals surface area contributed by atoms with Gasteiger partial charge in [0.25, 0.3) is 5.91 Å². The van der Waals surface area contributed by atoms with E-state index in [1.165, 1.54) is 4.90 Å². The highest BCUT2D eigenvalue weighted by Gasteiger charge is 2.26. The number of hydrogen-bond acceptors (Lipinski definition) is 4. The van der Waals surface area contributed by atoms with Crippen LogP contribution < -0.4 is 0 Å². The molecule has 0 saturated heterocycles. The van der Waals surface area contributed by atoms with Crippen molar-refractivity contribution in [3.8, 4) is 5.69 Å². The van der Waals surface area contributed by atoms with Crippen molar-refractivity contribution in [2.75, 3.05) is 6.54 Å². The molecule has 0 aliphatic carbocycles. The normalized spacial score (nSPS) is 13.6. The lowest BCUT2D eigenvalue weighted by Gasteiger charge is -2.19. The third-order valence-electron chi connectivity index (χ3n) is 3.22. The van der Waals surface area contributed by atoms with Gasteiger partial charge >= 0.3 is 5.97 Å². The minimum atomic E-state index is -0.929. The fourth-order valence-electron chi connectivity index (χ4n) is 2.26. The van der Waals surface area contributed by atoms with E-state index < -0.39 is 5.97 Å². The van der Waals surface area contributed by atoms with Crippen LogP contribution in [0.25, 0.3) is 5.69 Å². The van der Waals surface area contributed by atoms with E-state index in [1.807, 2.05) is 6.07 Å². The molecule has 1 aromatic carbocycles. The number of fused-ring (bicyclic) bond motifs is 3. The van der Waals surface area contributed by atoms with Gasteiger partial charge in [-0.15, -0.1) is 5.10 Å². The minimum Gasteiger partial charge on any atom is -0.481 e. The average molecular weight is 272 g/mol. The first-order valence-corrected chi connectivity index (χ1v) is 6.17. The number of aromatic nitrogens is 3. The number of carboxylic acids is 1. The standard InChI is InChI=1S/C13H12N4O3/c18-12(19)5-6-16-8-9-7-14-15-17(9)11-4-2-1-3-10(11)13(16)20/h1-4,7H,5-6,8H2,(H,18,19). The summed E-state index contributed by atoms with van der Waals surface area (Å²) in [5, 5.41) is 16.6. The molecule has 0 unspecified atom stereocenters. The summed E-state index contributed by atoms with van der Waals surface area (Å²) in [6.45, 7) is 0.460. The maximum absolute atomic E-state index is 12.5. The molecule has 1 amide bonds. The zero-order valence-electron chi connectivity index (χ0n) is 10.6. The van der Waals surface area contributed by atoms with E-state index in [9.17, 15) is 9.59 Å². The maximum Gasteiger partial charge on any atom is 0.305 e. The fraction of sp³-hybridized carbons (Fsp3) is 0.231. The highest BCUT2D eigenvalue weighted by molar-refractivity contribution is 5.98. The summed E-state index contributed by atoms with van der Waals surface area (Å²) in [6.07, 6.45) is 1.50. The van der Waals surface area contributed by atoms with Crippen molar-refractivity contribution < 1.29 is 14.7 Å². The minimum absolute atomic E-state index is 0.0878. The molecule has 0 radical (unpaired) electrons. The van der Waals surface area contributed by atoms with Crippen molar-refractivity contribution in [2.24, 2.45) is 0 Å². The summed E-state index contributed by atoms with van der Waals surface area (Å²) in [6, 6.07) is 7.10. The van der Waals surface area contributed by atoms with Gasteiger partial charge < -0.3 is 10.0 Å². The van der Waals surface area contributed by atoms with E-state index in [4.69, 9.17) is 5.11 Å². The first kappa shape index (κ1) is 12.3. The number of aliphatic carboxylic acids is 1. The molecule has 3 rings (SSSR count). The summed E-state index contributed by atoms with van der Waals surface area (Å²) in [7, 11) is 0. The number of carboxylic acid groups (broad SMARTS) is 1. The Morgan fingerprint density at radius 1 is 1.35 bits per heavy atom. The zero-order valence-corrected chi connectivity index (χ0v) is 10.6. The molecule has 102 valence electrons. The van der Waals surface area contributed by atoms with Crippen LogP contribution in [0.2, 0.25) is 0 Å². The SMILES string of the molecule is O=C(O)CCN1Cc2cnnn2-c2ccccc2C1=O. The second-order valence-corrected chi connectivity index (χ2v) is 4.52.